The molecule has 0 aromatic heterocycles. The van der Waals surface area contributed by atoms with Crippen molar-refractivity contribution < 1.29 is 8.42 Å². The lowest BCUT2D eigenvalue weighted by Crippen LogP contribution is -2.57. The fourth-order valence-electron chi connectivity index (χ4n) is 2.75. The van der Waals surface area contributed by atoms with Gasteiger partial charge in [0.15, 0.2) is 15.8 Å². The number of hydrogen-bond donors (Lipinski definition) is 1. The number of nitrogens with one attached hydrogen (secondary N) is 1. The van der Waals surface area contributed by atoms with Gasteiger partial charge in [0.25, 0.3) is 0 Å². The van der Waals surface area contributed by atoms with Crippen molar-refractivity contribution in [3.8, 4) is 0 Å². The Labute approximate surface area is 153 Å². The first-order valence-corrected chi connectivity index (χ1v) is 10.6. The van der Waals surface area contributed by atoms with Crippen LogP contribution in [-0.4, -0.2) is 49.4 Å². The molecule has 1 aromatic carbocycles. The van der Waals surface area contributed by atoms with E-state index in [-0.39, 0.29) is 5.75 Å². The molecule has 7 heteroatoms. The predicted octanol–water partition coefficient (Wildman–Crippen LogP) is 2.73. The monoisotopic (exact) mass is 415 g/mol. The Morgan fingerprint density at radius 1 is 1.42 bits per heavy atom. The SMILES string of the molecule is CCNC(=NCc1ccc(Br)cc1C)N1CCS(=O)(=O)C(C)(C)C1. The Morgan fingerprint density at radius 3 is 2.71 bits per heavy atom. The zero-order chi connectivity index (χ0) is 18.0. The lowest BCUT2D eigenvalue weighted by atomic mass is 10.1. The molecule has 1 aliphatic rings. The third kappa shape index (κ3) is 4.30. The minimum absolute atomic E-state index is 0.168. The summed E-state index contributed by atoms with van der Waals surface area (Å²) >= 11 is 3.47. The standard InChI is InChI=1S/C17H26BrN3O2S/c1-5-19-16(20-11-14-6-7-15(18)10-13(14)2)21-8-9-24(22,23)17(3,4)12-21/h6-7,10H,5,8-9,11-12H2,1-4H3,(H,19,20). The second-order valence-electron chi connectivity index (χ2n) is 6.74. The summed E-state index contributed by atoms with van der Waals surface area (Å²) in [4.78, 5) is 6.79. The van der Waals surface area contributed by atoms with Crippen LogP contribution in [0.4, 0.5) is 0 Å². The van der Waals surface area contributed by atoms with Crippen LogP contribution in [0.15, 0.2) is 27.7 Å². The van der Waals surface area contributed by atoms with Gasteiger partial charge in [-0.15, -0.1) is 0 Å². The molecule has 1 aliphatic heterocycles. The van der Waals surface area contributed by atoms with Crippen LogP contribution in [0.5, 0.6) is 0 Å². The third-order valence-corrected chi connectivity index (χ3v) is 7.41. The number of aryl methyl sites for hydroxylation is 1. The van der Waals surface area contributed by atoms with Crippen LogP contribution in [0.3, 0.4) is 0 Å². The summed E-state index contributed by atoms with van der Waals surface area (Å²) in [5, 5.41) is 3.29. The number of halogens is 1. The number of guanidine groups is 1. The summed E-state index contributed by atoms with van der Waals surface area (Å²) in [5.41, 5.74) is 2.35. The third-order valence-electron chi connectivity index (χ3n) is 4.38. The fraction of sp³-hybridized carbons (Fsp3) is 0.588. The molecule has 0 radical (unpaired) electrons. The molecule has 1 N–H and O–H groups in total. The second kappa shape index (κ2) is 7.44. The molecule has 0 bridgehead atoms. The minimum atomic E-state index is -3.05. The topological polar surface area (TPSA) is 61.8 Å². The quantitative estimate of drug-likeness (QED) is 0.608. The number of hydrogen-bond acceptors (Lipinski definition) is 3. The summed E-state index contributed by atoms with van der Waals surface area (Å²) < 4.78 is 24.7. The van der Waals surface area contributed by atoms with Crippen LogP contribution in [0.2, 0.25) is 0 Å². The van der Waals surface area contributed by atoms with E-state index in [4.69, 9.17) is 4.99 Å². The number of benzene rings is 1. The Bertz CT molecular complexity index is 729. The first-order valence-electron chi connectivity index (χ1n) is 8.17. The van der Waals surface area contributed by atoms with Gasteiger partial charge in [-0.25, -0.2) is 13.4 Å². The molecule has 0 saturated carbocycles. The predicted molar refractivity (Wildman–Crippen MR) is 103 cm³/mol. The van der Waals surface area contributed by atoms with Crippen molar-refractivity contribution in [1.29, 1.82) is 0 Å². The van der Waals surface area contributed by atoms with E-state index in [9.17, 15) is 8.42 Å². The maximum Gasteiger partial charge on any atom is 0.194 e. The molecular weight excluding hydrogens is 390 g/mol. The first kappa shape index (κ1) is 19.2. The van der Waals surface area contributed by atoms with Gasteiger partial charge in [-0.1, -0.05) is 22.0 Å². The highest BCUT2D eigenvalue weighted by Crippen LogP contribution is 2.24. The highest BCUT2D eigenvalue weighted by atomic mass is 79.9. The maximum absolute atomic E-state index is 12.2. The molecule has 0 amide bonds. The van der Waals surface area contributed by atoms with Crippen molar-refractivity contribution >= 4 is 31.7 Å². The van der Waals surface area contributed by atoms with Crippen LogP contribution in [0.25, 0.3) is 0 Å². The van der Waals surface area contributed by atoms with E-state index in [2.05, 4.69) is 45.2 Å². The largest absolute Gasteiger partial charge is 0.357 e. The molecule has 24 heavy (non-hydrogen) atoms. The maximum atomic E-state index is 12.2. The Kier molecular flexibility index (Phi) is 5.96. The molecule has 1 fully saturated rings. The molecule has 1 saturated heterocycles. The van der Waals surface area contributed by atoms with Crippen molar-refractivity contribution in [2.45, 2.75) is 39.0 Å². The normalized spacial score (nSPS) is 20.0. The van der Waals surface area contributed by atoms with Gasteiger partial charge < -0.3 is 10.2 Å². The smallest absolute Gasteiger partial charge is 0.194 e. The van der Waals surface area contributed by atoms with Crippen molar-refractivity contribution in [1.82, 2.24) is 10.2 Å². The van der Waals surface area contributed by atoms with Crippen molar-refractivity contribution in [3.05, 3.63) is 33.8 Å². The highest BCUT2D eigenvalue weighted by Gasteiger charge is 2.40. The van der Waals surface area contributed by atoms with Gasteiger partial charge in [-0.05, 0) is 51.0 Å². The Balaban J connectivity index is 2.20. The lowest BCUT2D eigenvalue weighted by molar-refractivity contribution is 0.353. The van der Waals surface area contributed by atoms with E-state index in [1.807, 2.05) is 13.0 Å². The van der Waals surface area contributed by atoms with E-state index in [1.165, 1.54) is 5.56 Å². The summed E-state index contributed by atoms with van der Waals surface area (Å²) in [5.74, 6) is 0.949. The van der Waals surface area contributed by atoms with Crippen LogP contribution in [0.1, 0.15) is 31.9 Å². The molecule has 134 valence electrons. The summed E-state index contributed by atoms with van der Waals surface area (Å²) in [6.45, 7) is 9.93. The van der Waals surface area contributed by atoms with Gasteiger partial charge in [0.2, 0.25) is 0 Å². The van der Waals surface area contributed by atoms with Gasteiger partial charge in [-0.3, -0.25) is 0 Å². The van der Waals surface area contributed by atoms with Gasteiger partial charge in [-0.2, -0.15) is 0 Å². The van der Waals surface area contributed by atoms with Crippen molar-refractivity contribution in [3.63, 3.8) is 0 Å². The number of nitrogens with zero attached hydrogens (tertiary/aromatic N) is 2. The molecule has 0 unspecified atom stereocenters. The zero-order valence-electron chi connectivity index (χ0n) is 14.8. The van der Waals surface area contributed by atoms with Crippen molar-refractivity contribution in [2.75, 3.05) is 25.4 Å². The Morgan fingerprint density at radius 2 is 2.12 bits per heavy atom. The fourth-order valence-corrected chi connectivity index (χ4v) is 4.59. The van der Waals surface area contributed by atoms with E-state index in [0.717, 1.165) is 22.5 Å². The molecule has 0 spiro atoms. The summed E-state index contributed by atoms with van der Waals surface area (Å²) in [7, 11) is -3.05. The molecule has 1 aromatic rings. The van der Waals surface area contributed by atoms with Crippen LogP contribution in [-0.2, 0) is 16.4 Å². The molecule has 0 atom stereocenters. The Hall–Kier alpha value is -1.08. The van der Waals surface area contributed by atoms with E-state index in [0.29, 0.717) is 19.6 Å². The number of rotatable bonds is 3. The average Bonchev–Trinajstić information content (AvgIpc) is 2.48. The van der Waals surface area contributed by atoms with Gasteiger partial charge in [0.1, 0.15) is 0 Å². The van der Waals surface area contributed by atoms with Crippen LogP contribution < -0.4 is 5.32 Å². The minimum Gasteiger partial charge on any atom is -0.357 e. The second-order valence-corrected chi connectivity index (χ2v) is 10.4. The zero-order valence-corrected chi connectivity index (χ0v) is 17.2. The molecule has 1 heterocycles. The van der Waals surface area contributed by atoms with Crippen LogP contribution >= 0.6 is 15.9 Å². The van der Waals surface area contributed by atoms with Gasteiger partial charge in [0, 0.05) is 24.1 Å². The lowest BCUT2D eigenvalue weighted by Gasteiger charge is -2.39. The van der Waals surface area contributed by atoms with E-state index >= 15 is 0 Å². The van der Waals surface area contributed by atoms with E-state index in [1.54, 1.807) is 13.8 Å². The van der Waals surface area contributed by atoms with Gasteiger partial charge >= 0.3 is 0 Å². The number of aliphatic imine (C=N–C) groups is 1. The average molecular weight is 416 g/mol. The van der Waals surface area contributed by atoms with Crippen molar-refractivity contribution in [2.24, 2.45) is 4.99 Å². The van der Waals surface area contributed by atoms with E-state index < -0.39 is 14.6 Å². The molecule has 5 nitrogen and oxygen atoms in total. The highest BCUT2D eigenvalue weighted by molar-refractivity contribution is 9.10. The summed E-state index contributed by atoms with van der Waals surface area (Å²) in [6, 6.07) is 6.16. The first-order chi connectivity index (χ1) is 11.2. The molecule has 2 rings (SSSR count). The number of sulfone groups is 1. The molecular formula is C17H26BrN3O2S. The molecule has 0 aliphatic carbocycles. The van der Waals surface area contributed by atoms with Crippen LogP contribution in [0, 0.1) is 6.92 Å². The summed E-state index contributed by atoms with van der Waals surface area (Å²) in [6.07, 6.45) is 0. The van der Waals surface area contributed by atoms with Gasteiger partial charge in [0.05, 0.1) is 17.0 Å².